The molecular weight excluding hydrogens is 256 g/mol. The van der Waals surface area contributed by atoms with Gasteiger partial charge in [-0.05, 0) is 50.0 Å². The molecule has 3 rings (SSSR count). The minimum absolute atomic E-state index is 0.141. The smallest absolute Gasteiger partial charge is 0.235 e. The summed E-state index contributed by atoms with van der Waals surface area (Å²) in [5, 5.41) is 0.690. The van der Waals surface area contributed by atoms with Crippen molar-refractivity contribution in [3.63, 3.8) is 0 Å². The van der Waals surface area contributed by atoms with E-state index in [2.05, 4.69) is 4.90 Å². The van der Waals surface area contributed by atoms with Crippen molar-refractivity contribution in [3.8, 4) is 0 Å². The third-order valence-electron chi connectivity index (χ3n) is 4.08. The number of piperidine rings is 1. The predicted octanol–water partition coefficient (Wildman–Crippen LogP) is 2.87. The van der Waals surface area contributed by atoms with E-state index in [9.17, 15) is 4.79 Å². The Morgan fingerprint density at radius 2 is 2.05 bits per heavy atom. The van der Waals surface area contributed by atoms with Crippen LogP contribution in [0.1, 0.15) is 31.2 Å². The molecule has 2 aliphatic heterocycles. The minimum atomic E-state index is 0.141. The van der Waals surface area contributed by atoms with Gasteiger partial charge in [0.25, 0.3) is 0 Å². The highest BCUT2D eigenvalue weighted by Gasteiger charge is 2.38. The Kier molecular flexibility index (Phi) is 3.27. The van der Waals surface area contributed by atoms with Crippen LogP contribution < -0.4 is 4.90 Å². The fourth-order valence-corrected chi connectivity index (χ4v) is 3.48. The van der Waals surface area contributed by atoms with Crippen molar-refractivity contribution in [2.75, 3.05) is 11.4 Å². The van der Waals surface area contributed by atoms with Gasteiger partial charge < -0.3 is 4.90 Å². The summed E-state index contributed by atoms with van der Waals surface area (Å²) >= 11 is 5.57. The van der Waals surface area contributed by atoms with E-state index in [-0.39, 0.29) is 5.91 Å². The number of carbonyl (C=O) groups is 1. The Morgan fingerprint density at radius 3 is 2.84 bits per heavy atom. The molecule has 19 heavy (non-hydrogen) atoms. The standard InChI is InChI=1S/C15H18N2OS/c1-11-6-2-3-8-13(11)17-14(18)10-12-7-4-5-9-16(12)15(17)19/h2-3,6,8,12H,4-5,7,9-10H2,1H3. The molecule has 1 unspecified atom stereocenters. The van der Waals surface area contributed by atoms with Crippen LogP contribution in [0.4, 0.5) is 5.69 Å². The lowest BCUT2D eigenvalue weighted by atomic mass is 9.97. The van der Waals surface area contributed by atoms with Gasteiger partial charge >= 0.3 is 0 Å². The molecule has 1 aromatic rings. The van der Waals surface area contributed by atoms with Crippen LogP contribution in [0, 0.1) is 6.92 Å². The van der Waals surface area contributed by atoms with Crippen LogP contribution in [-0.4, -0.2) is 28.5 Å². The number of aryl methyl sites for hydroxylation is 1. The van der Waals surface area contributed by atoms with Gasteiger partial charge in [0.15, 0.2) is 5.11 Å². The van der Waals surface area contributed by atoms with Crippen LogP contribution in [0.25, 0.3) is 0 Å². The van der Waals surface area contributed by atoms with Crippen molar-refractivity contribution in [2.24, 2.45) is 0 Å². The average molecular weight is 274 g/mol. The Balaban J connectivity index is 1.95. The van der Waals surface area contributed by atoms with E-state index in [1.165, 1.54) is 12.8 Å². The molecule has 0 spiro atoms. The van der Waals surface area contributed by atoms with Crippen LogP contribution in [0.2, 0.25) is 0 Å². The van der Waals surface area contributed by atoms with E-state index >= 15 is 0 Å². The Morgan fingerprint density at radius 1 is 1.26 bits per heavy atom. The van der Waals surface area contributed by atoms with Crippen LogP contribution in [0.15, 0.2) is 24.3 Å². The van der Waals surface area contributed by atoms with Gasteiger partial charge in [0, 0.05) is 19.0 Å². The van der Waals surface area contributed by atoms with Crippen molar-refractivity contribution in [2.45, 2.75) is 38.6 Å². The molecule has 1 amide bonds. The molecular formula is C15H18N2OS. The van der Waals surface area contributed by atoms with Crippen molar-refractivity contribution in [3.05, 3.63) is 29.8 Å². The summed E-state index contributed by atoms with van der Waals surface area (Å²) in [5.41, 5.74) is 2.02. The molecule has 1 atom stereocenters. The van der Waals surface area contributed by atoms with Crippen molar-refractivity contribution < 1.29 is 4.79 Å². The van der Waals surface area contributed by atoms with Gasteiger partial charge in [-0.25, -0.2) is 0 Å². The molecule has 2 fully saturated rings. The molecule has 3 nitrogen and oxygen atoms in total. The van der Waals surface area contributed by atoms with E-state index in [4.69, 9.17) is 12.2 Å². The first-order chi connectivity index (χ1) is 9.18. The van der Waals surface area contributed by atoms with Crippen LogP contribution in [0.5, 0.6) is 0 Å². The van der Waals surface area contributed by atoms with E-state index in [0.29, 0.717) is 17.6 Å². The quantitative estimate of drug-likeness (QED) is 0.736. The summed E-state index contributed by atoms with van der Waals surface area (Å²) < 4.78 is 0. The van der Waals surface area contributed by atoms with E-state index in [1.807, 2.05) is 31.2 Å². The van der Waals surface area contributed by atoms with Gasteiger partial charge in [-0.1, -0.05) is 18.2 Å². The highest BCUT2D eigenvalue weighted by atomic mass is 32.1. The highest BCUT2D eigenvalue weighted by molar-refractivity contribution is 7.80. The molecule has 0 saturated carbocycles. The number of hydrogen-bond donors (Lipinski definition) is 0. The highest BCUT2D eigenvalue weighted by Crippen LogP contribution is 2.31. The molecule has 100 valence electrons. The summed E-state index contributed by atoms with van der Waals surface area (Å²) in [5.74, 6) is 0.141. The number of anilines is 1. The lowest BCUT2D eigenvalue weighted by Gasteiger charge is -2.45. The van der Waals surface area contributed by atoms with Crippen LogP contribution >= 0.6 is 12.2 Å². The van der Waals surface area contributed by atoms with Gasteiger partial charge in [-0.3, -0.25) is 9.69 Å². The van der Waals surface area contributed by atoms with E-state index in [1.54, 1.807) is 4.90 Å². The fraction of sp³-hybridized carbons (Fsp3) is 0.467. The third-order valence-corrected chi connectivity index (χ3v) is 4.50. The molecule has 0 radical (unpaired) electrons. The molecule has 4 heteroatoms. The second-order valence-corrected chi connectivity index (χ2v) is 5.71. The average Bonchev–Trinajstić information content (AvgIpc) is 2.41. The Hall–Kier alpha value is -1.42. The lowest BCUT2D eigenvalue weighted by molar-refractivity contribution is -0.120. The first-order valence-electron chi connectivity index (χ1n) is 6.87. The molecule has 0 aliphatic carbocycles. The summed E-state index contributed by atoms with van der Waals surface area (Å²) in [4.78, 5) is 16.4. The van der Waals surface area contributed by atoms with Gasteiger partial charge in [0.1, 0.15) is 0 Å². The monoisotopic (exact) mass is 274 g/mol. The number of benzene rings is 1. The predicted molar refractivity (Wildman–Crippen MR) is 80.2 cm³/mol. The topological polar surface area (TPSA) is 23.6 Å². The summed E-state index contributed by atoms with van der Waals surface area (Å²) in [6.45, 7) is 3.01. The van der Waals surface area contributed by atoms with E-state index < -0.39 is 0 Å². The second kappa shape index (κ2) is 4.93. The fourth-order valence-electron chi connectivity index (χ4n) is 3.04. The van der Waals surface area contributed by atoms with Crippen LogP contribution in [-0.2, 0) is 4.79 Å². The molecule has 2 saturated heterocycles. The van der Waals surface area contributed by atoms with Crippen molar-refractivity contribution >= 4 is 28.9 Å². The number of carbonyl (C=O) groups excluding carboxylic acids is 1. The number of nitrogens with zero attached hydrogens (tertiary/aromatic N) is 2. The number of thiocarbonyl (C=S) groups is 1. The molecule has 2 aliphatic rings. The maximum Gasteiger partial charge on any atom is 0.235 e. The maximum atomic E-state index is 12.4. The summed E-state index contributed by atoms with van der Waals surface area (Å²) in [6, 6.07) is 8.27. The number of para-hydroxylation sites is 1. The minimum Gasteiger partial charge on any atom is -0.345 e. The van der Waals surface area contributed by atoms with Crippen molar-refractivity contribution in [1.29, 1.82) is 0 Å². The maximum absolute atomic E-state index is 12.4. The SMILES string of the molecule is Cc1ccccc1N1C(=O)CC2CCCCN2C1=S. The number of hydrogen-bond acceptors (Lipinski definition) is 2. The van der Waals surface area contributed by atoms with Gasteiger partial charge in [0.2, 0.25) is 5.91 Å². The first kappa shape index (κ1) is 12.6. The Bertz CT molecular complexity index is 529. The van der Waals surface area contributed by atoms with Gasteiger partial charge in [0.05, 0.1) is 5.69 Å². The first-order valence-corrected chi connectivity index (χ1v) is 7.28. The summed E-state index contributed by atoms with van der Waals surface area (Å²) in [6.07, 6.45) is 4.07. The molecule has 0 bridgehead atoms. The number of amides is 1. The van der Waals surface area contributed by atoms with Gasteiger partial charge in [-0.2, -0.15) is 0 Å². The Labute approximate surface area is 119 Å². The number of rotatable bonds is 1. The van der Waals surface area contributed by atoms with Gasteiger partial charge in [-0.15, -0.1) is 0 Å². The zero-order valence-electron chi connectivity index (χ0n) is 11.1. The molecule has 0 aromatic heterocycles. The number of fused-ring (bicyclic) bond motifs is 1. The van der Waals surface area contributed by atoms with Crippen molar-refractivity contribution in [1.82, 2.24) is 4.90 Å². The van der Waals surface area contributed by atoms with E-state index in [0.717, 1.165) is 24.2 Å². The zero-order chi connectivity index (χ0) is 13.4. The normalized spacial score (nSPS) is 23.5. The summed E-state index contributed by atoms with van der Waals surface area (Å²) in [7, 11) is 0. The zero-order valence-corrected chi connectivity index (χ0v) is 11.9. The third kappa shape index (κ3) is 2.14. The second-order valence-electron chi connectivity index (χ2n) is 5.35. The van der Waals surface area contributed by atoms with Crippen LogP contribution in [0.3, 0.4) is 0 Å². The molecule has 2 heterocycles. The molecule has 0 N–H and O–H groups in total. The molecule has 1 aromatic carbocycles. The largest absolute Gasteiger partial charge is 0.345 e. The lowest BCUT2D eigenvalue weighted by Crippen LogP contribution is -2.58.